The molecule has 0 aliphatic carbocycles. The van der Waals surface area contributed by atoms with Crippen LogP contribution in [-0.2, 0) is 0 Å². The summed E-state index contributed by atoms with van der Waals surface area (Å²) in [5, 5.41) is 0. The van der Waals surface area contributed by atoms with Crippen LogP contribution in [0.15, 0.2) is 4.99 Å². The van der Waals surface area contributed by atoms with E-state index >= 15 is 0 Å². The molecule has 0 unspecified atom stereocenters. The third kappa shape index (κ3) is 0.799. The van der Waals surface area contributed by atoms with Crippen molar-refractivity contribution in [2.45, 2.75) is 11.8 Å². The summed E-state index contributed by atoms with van der Waals surface area (Å²) in [7, 11) is 0. The van der Waals surface area contributed by atoms with E-state index < -0.39 is 18.4 Å². The summed E-state index contributed by atoms with van der Waals surface area (Å²) in [5.74, 6) is -8.00. The summed E-state index contributed by atoms with van der Waals surface area (Å²) >= 11 is 0. The van der Waals surface area contributed by atoms with E-state index in [1.165, 1.54) is 0 Å². The lowest BCUT2D eigenvalue weighted by Gasteiger charge is -2.14. The first kappa shape index (κ1) is 6.51. The van der Waals surface area contributed by atoms with Gasteiger partial charge in [-0.25, -0.2) is 0 Å². The molecular formula is C4H3F4N. The summed E-state index contributed by atoms with van der Waals surface area (Å²) in [6.45, 7) is -1.10. The molecule has 0 aromatic rings. The molecule has 1 heterocycles. The Hall–Kier alpha value is -0.610. The van der Waals surface area contributed by atoms with E-state index in [4.69, 9.17) is 0 Å². The maximum Gasteiger partial charge on any atom is 0.346 e. The van der Waals surface area contributed by atoms with Gasteiger partial charge in [0.15, 0.2) is 0 Å². The maximum absolute atomic E-state index is 11.8. The number of hydrogen-bond donors (Lipinski definition) is 0. The fourth-order valence-electron chi connectivity index (χ4n) is 0.475. The first-order valence-corrected chi connectivity index (χ1v) is 2.22. The van der Waals surface area contributed by atoms with Gasteiger partial charge in [0.1, 0.15) is 6.54 Å². The predicted octanol–water partition coefficient (Wildman–Crippen LogP) is 1.34. The van der Waals surface area contributed by atoms with E-state index in [0.717, 1.165) is 0 Å². The van der Waals surface area contributed by atoms with E-state index in [0.29, 0.717) is 0 Å². The normalized spacial score (nSPS) is 28.9. The Morgan fingerprint density at radius 1 is 1.22 bits per heavy atom. The Labute approximate surface area is 48.4 Å². The van der Waals surface area contributed by atoms with Gasteiger partial charge in [0.2, 0.25) is 0 Å². The van der Waals surface area contributed by atoms with Gasteiger partial charge in [0.05, 0.1) is 6.21 Å². The first-order valence-electron chi connectivity index (χ1n) is 2.22. The van der Waals surface area contributed by atoms with Crippen molar-refractivity contribution >= 4 is 6.21 Å². The number of halogens is 4. The lowest BCUT2D eigenvalue weighted by atomic mass is 10.2. The van der Waals surface area contributed by atoms with Gasteiger partial charge < -0.3 is 0 Å². The number of alkyl halides is 4. The number of rotatable bonds is 0. The summed E-state index contributed by atoms with van der Waals surface area (Å²) < 4.78 is 47.3. The first-order chi connectivity index (χ1) is 3.96. The molecule has 1 rings (SSSR count). The summed E-state index contributed by atoms with van der Waals surface area (Å²) in [6.07, 6.45) is -0.00694. The Morgan fingerprint density at radius 3 is 1.89 bits per heavy atom. The molecule has 52 valence electrons. The van der Waals surface area contributed by atoms with Crippen molar-refractivity contribution in [2.24, 2.45) is 4.99 Å². The Morgan fingerprint density at radius 2 is 1.78 bits per heavy atom. The highest BCUT2D eigenvalue weighted by Crippen LogP contribution is 2.36. The highest BCUT2D eigenvalue weighted by molar-refractivity contribution is 5.70. The molecule has 0 spiro atoms. The molecule has 0 bridgehead atoms. The topological polar surface area (TPSA) is 12.4 Å². The largest absolute Gasteiger partial charge is 0.346 e. The third-order valence-electron chi connectivity index (χ3n) is 1.03. The molecule has 0 fully saturated rings. The van der Waals surface area contributed by atoms with Crippen LogP contribution >= 0.6 is 0 Å². The minimum atomic E-state index is -4.03. The number of hydrogen-bond acceptors (Lipinski definition) is 1. The van der Waals surface area contributed by atoms with E-state index in [2.05, 4.69) is 4.99 Å². The van der Waals surface area contributed by atoms with Crippen molar-refractivity contribution in [3.8, 4) is 0 Å². The van der Waals surface area contributed by atoms with Crippen molar-refractivity contribution in [2.75, 3.05) is 6.54 Å². The zero-order valence-electron chi connectivity index (χ0n) is 4.24. The zero-order valence-corrected chi connectivity index (χ0v) is 4.24. The van der Waals surface area contributed by atoms with Crippen LogP contribution < -0.4 is 0 Å². The second kappa shape index (κ2) is 1.46. The molecular weight excluding hydrogens is 138 g/mol. The number of nitrogens with zero attached hydrogens (tertiary/aromatic N) is 1. The standard InChI is InChI=1S/C4H3F4N/c5-3(6)1-9-2-4(3,7)8/h1H,2H2. The van der Waals surface area contributed by atoms with Crippen LogP contribution in [0.25, 0.3) is 0 Å². The molecule has 0 amide bonds. The maximum atomic E-state index is 11.8. The van der Waals surface area contributed by atoms with Gasteiger partial charge in [-0.1, -0.05) is 0 Å². The molecule has 1 aliphatic heterocycles. The van der Waals surface area contributed by atoms with Gasteiger partial charge in [-0.2, -0.15) is 17.6 Å². The fraction of sp³-hybridized carbons (Fsp3) is 0.750. The van der Waals surface area contributed by atoms with Crippen LogP contribution in [0.5, 0.6) is 0 Å². The second-order valence-electron chi connectivity index (χ2n) is 1.80. The lowest BCUT2D eigenvalue weighted by Crippen LogP contribution is -2.39. The summed E-state index contributed by atoms with van der Waals surface area (Å²) in [4.78, 5) is 2.76. The van der Waals surface area contributed by atoms with Crippen LogP contribution in [0.3, 0.4) is 0 Å². The van der Waals surface area contributed by atoms with E-state index in [9.17, 15) is 17.6 Å². The van der Waals surface area contributed by atoms with E-state index in [1.807, 2.05) is 0 Å². The molecule has 0 aromatic heterocycles. The smallest absolute Gasteiger partial charge is 0.284 e. The van der Waals surface area contributed by atoms with Gasteiger partial charge in [-0.3, -0.25) is 4.99 Å². The number of aliphatic imine (C=N–C) groups is 1. The van der Waals surface area contributed by atoms with Gasteiger partial charge in [-0.05, 0) is 0 Å². The van der Waals surface area contributed by atoms with Crippen LogP contribution in [0, 0.1) is 0 Å². The van der Waals surface area contributed by atoms with E-state index in [-0.39, 0.29) is 6.21 Å². The second-order valence-corrected chi connectivity index (χ2v) is 1.80. The van der Waals surface area contributed by atoms with Crippen molar-refractivity contribution in [1.29, 1.82) is 0 Å². The summed E-state index contributed by atoms with van der Waals surface area (Å²) in [6, 6.07) is 0. The van der Waals surface area contributed by atoms with Crippen molar-refractivity contribution in [3.63, 3.8) is 0 Å². The van der Waals surface area contributed by atoms with Crippen molar-refractivity contribution in [1.82, 2.24) is 0 Å². The SMILES string of the molecule is FC1(F)C=NCC1(F)F. The van der Waals surface area contributed by atoms with E-state index in [1.54, 1.807) is 0 Å². The minimum absolute atomic E-state index is 0.00694. The van der Waals surface area contributed by atoms with Crippen molar-refractivity contribution in [3.05, 3.63) is 0 Å². The molecule has 9 heavy (non-hydrogen) atoms. The van der Waals surface area contributed by atoms with Crippen LogP contribution in [0.1, 0.15) is 0 Å². The zero-order chi connectivity index (χ0) is 7.12. The van der Waals surface area contributed by atoms with Gasteiger partial charge in [-0.15, -0.1) is 0 Å². The molecule has 1 nitrogen and oxygen atoms in total. The van der Waals surface area contributed by atoms with Gasteiger partial charge >= 0.3 is 11.8 Å². The minimum Gasteiger partial charge on any atom is -0.284 e. The Bertz CT molecular complexity index is 151. The Balaban J connectivity index is 2.84. The quantitative estimate of drug-likeness (QED) is 0.451. The lowest BCUT2D eigenvalue weighted by molar-refractivity contribution is -0.146. The fourth-order valence-corrected chi connectivity index (χ4v) is 0.475. The average Bonchev–Trinajstić information content (AvgIpc) is 1.81. The summed E-state index contributed by atoms with van der Waals surface area (Å²) in [5.41, 5.74) is 0. The van der Waals surface area contributed by atoms with Crippen LogP contribution in [0.4, 0.5) is 17.6 Å². The van der Waals surface area contributed by atoms with Crippen LogP contribution in [-0.4, -0.2) is 24.6 Å². The van der Waals surface area contributed by atoms with Crippen LogP contribution in [0.2, 0.25) is 0 Å². The van der Waals surface area contributed by atoms with Gasteiger partial charge in [0, 0.05) is 0 Å². The monoisotopic (exact) mass is 141 g/mol. The molecule has 0 saturated carbocycles. The van der Waals surface area contributed by atoms with Gasteiger partial charge in [0.25, 0.3) is 0 Å². The molecule has 5 heteroatoms. The average molecular weight is 141 g/mol. The van der Waals surface area contributed by atoms with Crippen molar-refractivity contribution < 1.29 is 17.6 Å². The molecule has 0 N–H and O–H groups in total. The highest BCUT2D eigenvalue weighted by atomic mass is 19.3. The predicted molar refractivity (Wildman–Crippen MR) is 23.3 cm³/mol. The highest BCUT2D eigenvalue weighted by Gasteiger charge is 2.58. The molecule has 0 radical (unpaired) electrons. The molecule has 1 aliphatic rings. The molecule has 0 saturated heterocycles. The molecule has 0 aromatic carbocycles. The molecule has 0 atom stereocenters. The Kier molecular flexibility index (Phi) is 1.05. The third-order valence-corrected chi connectivity index (χ3v) is 1.03.